The van der Waals surface area contributed by atoms with E-state index in [1.54, 1.807) is 4.90 Å². The number of carbonyl (C=O) groups excluding carboxylic acids is 1. The summed E-state index contributed by atoms with van der Waals surface area (Å²) in [7, 11) is 0. The zero-order valence-electron chi connectivity index (χ0n) is 26.9. The van der Waals surface area contributed by atoms with Gasteiger partial charge in [-0.15, -0.1) is 0 Å². The van der Waals surface area contributed by atoms with Gasteiger partial charge in [-0.05, 0) is 84.5 Å². The van der Waals surface area contributed by atoms with Crippen molar-refractivity contribution in [3.63, 3.8) is 0 Å². The summed E-state index contributed by atoms with van der Waals surface area (Å²) in [5.74, 6) is -3.12. The van der Waals surface area contributed by atoms with Gasteiger partial charge in [-0.25, -0.2) is 13.2 Å². The highest BCUT2D eigenvalue weighted by Crippen LogP contribution is 2.41. The highest BCUT2D eigenvalue weighted by Gasteiger charge is 2.43. The zero-order chi connectivity index (χ0) is 34.7. The molecule has 5 rings (SSSR count). The molecule has 1 aliphatic carbocycles. The van der Waals surface area contributed by atoms with Crippen molar-refractivity contribution in [1.29, 1.82) is 0 Å². The van der Waals surface area contributed by atoms with Crippen LogP contribution in [-0.2, 0) is 17.6 Å². The molecule has 3 aromatic rings. The monoisotopic (exact) mass is 706 g/mol. The summed E-state index contributed by atoms with van der Waals surface area (Å²) in [4.78, 5) is 14.5. The molecule has 0 spiro atoms. The number of nitrogens with two attached hydrogens (primary N) is 1. The molecular formula is C36H42ClF3N2O5S. The van der Waals surface area contributed by atoms with Crippen LogP contribution in [0.2, 0.25) is 5.02 Å². The molecule has 1 saturated carbocycles. The fraction of sp³-hybridized carbons (Fsp3) is 0.472. The van der Waals surface area contributed by atoms with E-state index in [4.69, 9.17) is 22.1 Å². The number of likely N-dealkylation sites (tertiary alicyclic amines) is 1. The molecule has 48 heavy (non-hydrogen) atoms. The van der Waals surface area contributed by atoms with Crippen LogP contribution >= 0.6 is 23.4 Å². The van der Waals surface area contributed by atoms with Gasteiger partial charge in [-0.1, -0.05) is 29.8 Å². The summed E-state index contributed by atoms with van der Waals surface area (Å²) in [5, 5.41) is 32.1. The number of hydrogen-bond acceptors (Lipinski definition) is 7. The number of aliphatic hydroxyl groups is 3. The second-order valence-electron chi connectivity index (χ2n) is 12.9. The number of hydrogen-bond donors (Lipinski definition) is 4. The molecular weight excluding hydrogens is 665 g/mol. The van der Waals surface area contributed by atoms with Crippen molar-refractivity contribution in [3.8, 4) is 5.75 Å². The van der Waals surface area contributed by atoms with E-state index >= 15 is 0 Å². The van der Waals surface area contributed by atoms with E-state index in [-0.39, 0.29) is 41.6 Å². The lowest BCUT2D eigenvalue weighted by atomic mass is 9.76. The van der Waals surface area contributed by atoms with Crippen LogP contribution in [0.5, 0.6) is 5.75 Å². The summed E-state index contributed by atoms with van der Waals surface area (Å²) in [5.41, 5.74) is 9.73. The van der Waals surface area contributed by atoms with E-state index in [2.05, 4.69) is 0 Å². The minimum atomic E-state index is -1.27. The van der Waals surface area contributed by atoms with Crippen molar-refractivity contribution in [1.82, 2.24) is 4.90 Å². The number of piperidine rings is 1. The number of rotatable bonds is 10. The summed E-state index contributed by atoms with van der Waals surface area (Å²) < 4.78 is 46.9. The summed E-state index contributed by atoms with van der Waals surface area (Å²) in [6.07, 6.45) is 0.728. The number of thioether (sulfide) groups is 1. The van der Waals surface area contributed by atoms with Gasteiger partial charge in [0, 0.05) is 60.7 Å². The van der Waals surface area contributed by atoms with Gasteiger partial charge in [0.05, 0.1) is 12.2 Å². The molecule has 5 N–H and O–H groups in total. The second-order valence-corrected chi connectivity index (χ2v) is 14.4. The number of carbonyl (C=O) groups is 1. The lowest BCUT2D eigenvalue weighted by Gasteiger charge is -2.40. The Bertz CT molecular complexity index is 1590. The molecule has 0 aromatic heterocycles. The highest BCUT2D eigenvalue weighted by molar-refractivity contribution is 7.99. The van der Waals surface area contributed by atoms with E-state index in [1.165, 1.54) is 11.8 Å². The van der Waals surface area contributed by atoms with Crippen molar-refractivity contribution < 1.29 is 38.0 Å². The Hall–Kier alpha value is -2.80. The van der Waals surface area contributed by atoms with Crippen LogP contribution in [0.1, 0.15) is 59.4 Å². The maximum Gasteiger partial charge on any atom is 0.224 e. The van der Waals surface area contributed by atoms with E-state index in [0.29, 0.717) is 55.6 Å². The first-order chi connectivity index (χ1) is 22.8. The molecule has 6 atom stereocenters. The van der Waals surface area contributed by atoms with Gasteiger partial charge in [0.25, 0.3) is 0 Å². The van der Waals surface area contributed by atoms with Gasteiger partial charge < -0.3 is 30.7 Å². The van der Waals surface area contributed by atoms with Gasteiger partial charge in [0.2, 0.25) is 5.91 Å². The van der Waals surface area contributed by atoms with Crippen LogP contribution in [0, 0.1) is 24.4 Å². The van der Waals surface area contributed by atoms with Crippen molar-refractivity contribution in [2.45, 2.75) is 87.1 Å². The lowest BCUT2D eigenvalue weighted by molar-refractivity contribution is -0.133. The summed E-state index contributed by atoms with van der Waals surface area (Å²) in [6.45, 7) is 2.89. The predicted molar refractivity (Wildman–Crippen MR) is 181 cm³/mol. The van der Waals surface area contributed by atoms with E-state index in [9.17, 15) is 33.3 Å². The second kappa shape index (κ2) is 15.8. The number of aryl methyl sites for hydroxylation is 1. The first-order valence-electron chi connectivity index (χ1n) is 16.1. The molecule has 1 heterocycles. The Morgan fingerprint density at radius 3 is 2.31 bits per heavy atom. The Balaban J connectivity index is 1.13. The third kappa shape index (κ3) is 8.49. The molecule has 7 nitrogen and oxygen atoms in total. The largest absolute Gasteiger partial charge is 0.490 e. The van der Waals surface area contributed by atoms with Crippen LogP contribution in [0.25, 0.3) is 0 Å². The van der Waals surface area contributed by atoms with Crippen molar-refractivity contribution in [2.75, 3.05) is 19.3 Å². The minimum Gasteiger partial charge on any atom is -0.490 e. The molecule has 3 aromatic carbocycles. The summed E-state index contributed by atoms with van der Waals surface area (Å²) >= 11 is 8.13. The van der Waals surface area contributed by atoms with Gasteiger partial charge in [-0.2, -0.15) is 11.8 Å². The first kappa shape index (κ1) is 36.5. The fourth-order valence-corrected chi connectivity index (χ4v) is 7.88. The predicted octanol–water partition coefficient (Wildman–Crippen LogP) is 5.29. The number of amides is 1. The van der Waals surface area contributed by atoms with E-state index in [1.807, 2.05) is 49.6 Å². The maximum atomic E-state index is 14.0. The molecule has 1 aliphatic heterocycles. The molecule has 12 heteroatoms. The fourth-order valence-electron chi connectivity index (χ4n) is 6.76. The average molecular weight is 707 g/mol. The smallest absolute Gasteiger partial charge is 0.224 e. The molecule has 0 radical (unpaired) electrons. The molecule has 260 valence electrons. The van der Waals surface area contributed by atoms with Crippen molar-refractivity contribution in [2.24, 2.45) is 5.73 Å². The van der Waals surface area contributed by atoms with Gasteiger partial charge >= 0.3 is 0 Å². The van der Waals surface area contributed by atoms with Crippen LogP contribution in [0.3, 0.4) is 0 Å². The molecule has 2 aliphatic rings. The Morgan fingerprint density at radius 1 is 0.979 bits per heavy atom. The Labute approximate surface area is 288 Å². The molecule has 0 bridgehead atoms. The topological polar surface area (TPSA) is 116 Å². The Kier molecular flexibility index (Phi) is 12.0. The average Bonchev–Trinajstić information content (AvgIpc) is 3.05. The third-order valence-corrected chi connectivity index (χ3v) is 11.0. The molecule has 1 amide bonds. The first-order valence-corrected chi connectivity index (χ1v) is 17.8. The normalized spacial score (nSPS) is 24.0. The lowest BCUT2D eigenvalue weighted by Crippen LogP contribution is -2.51. The van der Waals surface area contributed by atoms with Crippen LogP contribution in [0.15, 0.2) is 48.5 Å². The number of ether oxygens (including phenoxy) is 1. The van der Waals surface area contributed by atoms with Gasteiger partial charge in [0.15, 0.2) is 11.6 Å². The Morgan fingerprint density at radius 2 is 1.65 bits per heavy atom. The van der Waals surface area contributed by atoms with Gasteiger partial charge in [0.1, 0.15) is 23.8 Å². The third-order valence-electron chi connectivity index (χ3n) is 9.54. The summed E-state index contributed by atoms with van der Waals surface area (Å²) in [6, 6.07) is 12.2. The van der Waals surface area contributed by atoms with E-state index in [0.717, 1.165) is 28.3 Å². The molecule has 2 fully saturated rings. The SMILES string of the molecule is CS[C@H]1C[C@@H](c2cc(Cc3ccc(OC4CCN(C(=O)C[C@H](N)Cc5cc(F)c(F)cc5F)CC4)cc3)c(Cl)cc2C)[C@H](O)[C@@H](O)[C@@H]1O. The minimum absolute atomic E-state index is 0.0391. The number of aliphatic hydroxyl groups excluding tert-OH is 3. The maximum absolute atomic E-state index is 14.0. The zero-order valence-corrected chi connectivity index (χ0v) is 28.5. The molecule has 1 saturated heterocycles. The van der Waals surface area contributed by atoms with Crippen molar-refractivity contribution in [3.05, 3.63) is 98.8 Å². The van der Waals surface area contributed by atoms with Gasteiger partial charge in [-0.3, -0.25) is 4.79 Å². The van der Waals surface area contributed by atoms with Crippen LogP contribution in [-0.4, -0.2) is 81.2 Å². The van der Waals surface area contributed by atoms with E-state index < -0.39 is 41.8 Å². The number of benzene rings is 3. The number of halogens is 4. The van der Waals surface area contributed by atoms with Crippen molar-refractivity contribution >= 4 is 29.3 Å². The van der Waals surface area contributed by atoms with Crippen LogP contribution in [0.4, 0.5) is 13.2 Å². The quantitative estimate of drug-likeness (QED) is 0.212. The highest BCUT2D eigenvalue weighted by atomic mass is 35.5. The standard InChI is InChI=1S/C36H42ClF3N2O5S/c1-19-11-28(37)21(14-26(19)27-17-32(48-2)35(45)36(46)34(27)44)12-20-3-5-24(6-4-20)47-25-7-9-42(10-8-25)33(43)16-23(41)13-22-15-30(39)31(40)18-29(22)38/h3-6,11,14-15,18,23,25,27,32,34-36,44-46H,7-10,12-13,16-17,41H2,1-2H3/t23-,27+,32+,34+,35-,36-/m1/s1. The molecule has 0 unspecified atom stereocenters. The number of nitrogens with zero attached hydrogens (tertiary/aromatic N) is 1. The van der Waals surface area contributed by atoms with Crippen LogP contribution < -0.4 is 10.5 Å².